The van der Waals surface area contributed by atoms with E-state index in [4.69, 9.17) is 0 Å². The SMILES string of the molecule is CN1CCC[C@H]1CCNC(=O)N(CCO)CCC1CCCCC1. The molecule has 1 saturated heterocycles. The number of rotatable bonds is 8. The minimum Gasteiger partial charge on any atom is -0.395 e. The average molecular weight is 325 g/mol. The first kappa shape index (κ1) is 18.5. The molecule has 0 bridgehead atoms. The summed E-state index contributed by atoms with van der Waals surface area (Å²) in [5.41, 5.74) is 0. The molecule has 0 spiro atoms. The van der Waals surface area contributed by atoms with E-state index >= 15 is 0 Å². The van der Waals surface area contributed by atoms with E-state index in [-0.39, 0.29) is 12.6 Å². The minimum absolute atomic E-state index is 0.00416. The largest absolute Gasteiger partial charge is 0.395 e. The first-order valence-electron chi connectivity index (χ1n) is 9.54. The van der Waals surface area contributed by atoms with Crippen molar-refractivity contribution in [2.45, 2.75) is 63.8 Å². The Hall–Kier alpha value is -0.810. The summed E-state index contributed by atoms with van der Waals surface area (Å²) in [6, 6.07) is 0.611. The molecule has 23 heavy (non-hydrogen) atoms. The average Bonchev–Trinajstić information content (AvgIpc) is 2.97. The normalized spacial score (nSPS) is 23.1. The summed E-state index contributed by atoms with van der Waals surface area (Å²) in [5, 5.41) is 12.3. The minimum atomic E-state index is -0.00416. The highest BCUT2D eigenvalue weighted by Gasteiger charge is 2.21. The van der Waals surface area contributed by atoms with Crippen molar-refractivity contribution in [2.24, 2.45) is 5.92 Å². The second-order valence-electron chi connectivity index (χ2n) is 7.30. The summed E-state index contributed by atoms with van der Waals surface area (Å²) in [6.07, 6.45) is 11.3. The van der Waals surface area contributed by atoms with Gasteiger partial charge in [0.05, 0.1) is 6.61 Å². The molecule has 0 radical (unpaired) electrons. The van der Waals surface area contributed by atoms with Crippen molar-refractivity contribution in [1.82, 2.24) is 15.1 Å². The van der Waals surface area contributed by atoms with Gasteiger partial charge in [0.1, 0.15) is 0 Å². The van der Waals surface area contributed by atoms with Gasteiger partial charge in [-0.15, -0.1) is 0 Å². The van der Waals surface area contributed by atoms with Crippen LogP contribution in [0.5, 0.6) is 0 Å². The molecule has 2 aliphatic rings. The Morgan fingerprint density at radius 2 is 1.91 bits per heavy atom. The molecule has 1 aliphatic heterocycles. The lowest BCUT2D eigenvalue weighted by Gasteiger charge is -2.27. The Kier molecular flexibility index (Phi) is 8.17. The van der Waals surface area contributed by atoms with Gasteiger partial charge in [-0.25, -0.2) is 4.79 Å². The molecule has 2 fully saturated rings. The molecule has 5 heteroatoms. The van der Waals surface area contributed by atoms with Crippen molar-refractivity contribution < 1.29 is 9.90 Å². The van der Waals surface area contributed by atoms with Crippen molar-refractivity contribution in [3.05, 3.63) is 0 Å². The second kappa shape index (κ2) is 10.1. The van der Waals surface area contributed by atoms with Crippen LogP contribution in [0.4, 0.5) is 4.79 Å². The molecule has 1 heterocycles. The van der Waals surface area contributed by atoms with Crippen LogP contribution in [0.3, 0.4) is 0 Å². The van der Waals surface area contributed by atoms with Crippen LogP contribution in [0.25, 0.3) is 0 Å². The van der Waals surface area contributed by atoms with Crippen molar-refractivity contribution in [1.29, 1.82) is 0 Å². The van der Waals surface area contributed by atoms with Crippen LogP contribution < -0.4 is 5.32 Å². The van der Waals surface area contributed by atoms with E-state index in [1.165, 1.54) is 51.5 Å². The molecule has 0 aromatic rings. The zero-order valence-corrected chi connectivity index (χ0v) is 14.8. The molecule has 1 aliphatic carbocycles. The molecule has 1 atom stereocenters. The van der Waals surface area contributed by atoms with Gasteiger partial charge in [-0.2, -0.15) is 0 Å². The number of amides is 2. The van der Waals surface area contributed by atoms with E-state index in [0.29, 0.717) is 12.6 Å². The van der Waals surface area contributed by atoms with Crippen LogP contribution in [0, 0.1) is 5.92 Å². The number of likely N-dealkylation sites (tertiary alicyclic amines) is 1. The highest BCUT2D eigenvalue weighted by molar-refractivity contribution is 5.74. The Morgan fingerprint density at radius 3 is 2.57 bits per heavy atom. The molecule has 2 rings (SSSR count). The van der Waals surface area contributed by atoms with E-state index in [0.717, 1.165) is 31.8 Å². The Bertz CT molecular complexity index is 345. The lowest BCUT2D eigenvalue weighted by Crippen LogP contribution is -2.43. The third-order valence-corrected chi connectivity index (χ3v) is 5.61. The maximum atomic E-state index is 12.4. The first-order valence-corrected chi connectivity index (χ1v) is 9.54. The van der Waals surface area contributed by atoms with Crippen LogP contribution in [-0.4, -0.2) is 66.8 Å². The van der Waals surface area contributed by atoms with Crippen molar-refractivity contribution in [2.75, 3.05) is 39.8 Å². The van der Waals surface area contributed by atoms with Crippen LogP contribution in [-0.2, 0) is 0 Å². The van der Waals surface area contributed by atoms with Gasteiger partial charge in [-0.05, 0) is 45.2 Å². The molecule has 0 aromatic carbocycles. The lowest BCUT2D eigenvalue weighted by atomic mass is 9.87. The highest BCUT2D eigenvalue weighted by Crippen LogP contribution is 2.26. The van der Waals surface area contributed by atoms with Gasteiger partial charge >= 0.3 is 6.03 Å². The molecule has 134 valence electrons. The Morgan fingerprint density at radius 1 is 1.13 bits per heavy atom. The number of carbonyl (C=O) groups excluding carboxylic acids is 1. The summed E-state index contributed by atoms with van der Waals surface area (Å²) in [6.45, 7) is 3.18. The summed E-state index contributed by atoms with van der Waals surface area (Å²) in [5.74, 6) is 0.768. The number of hydrogen-bond donors (Lipinski definition) is 2. The number of hydrogen-bond acceptors (Lipinski definition) is 3. The van der Waals surface area contributed by atoms with Crippen LogP contribution in [0.1, 0.15) is 57.8 Å². The molecule has 0 unspecified atom stereocenters. The fourth-order valence-corrected chi connectivity index (χ4v) is 4.05. The summed E-state index contributed by atoms with van der Waals surface area (Å²) < 4.78 is 0. The summed E-state index contributed by atoms with van der Waals surface area (Å²) >= 11 is 0. The quantitative estimate of drug-likeness (QED) is 0.721. The van der Waals surface area contributed by atoms with Crippen molar-refractivity contribution >= 4 is 6.03 Å². The molecular formula is C18H35N3O2. The first-order chi connectivity index (χ1) is 11.2. The van der Waals surface area contributed by atoms with Gasteiger partial charge in [0.2, 0.25) is 0 Å². The Labute approximate surface area is 141 Å². The van der Waals surface area contributed by atoms with Crippen LogP contribution in [0.2, 0.25) is 0 Å². The predicted molar refractivity (Wildman–Crippen MR) is 93.5 cm³/mol. The van der Waals surface area contributed by atoms with Gasteiger partial charge in [-0.3, -0.25) is 0 Å². The van der Waals surface area contributed by atoms with Gasteiger partial charge < -0.3 is 20.2 Å². The number of urea groups is 1. The number of aliphatic hydroxyl groups is 1. The van der Waals surface area contributed by atoms with E-state index in [9.17, 15) is 9.90 Å². The van der Waals surface area contributed by atoms with Gasteiger partial charge in [-0.1, -0.05) is 32.1 Å². The predicted octanol–water partition coefficient (Wildman–Crippen LogP) is 2.44. The maximum absolute atomic E-state index is 12.4. The second-order valence-corrected chi connectivity index (χ2v) is 7.30. The van der Waals surface area contributed by atoms with Gasteiger partial charge in [0.15, 0.2) is 0 Å². The van der Waals surface area contributed by atoms with E-state index in [1.54, 1.807) is 4.90 Å². The van der Waals surface area contributed by atoms with Crippen LogP contribution >= 0.6 is 0 Å². The summed E-state index contributed by atoms with van der Waals surface area (Å²) in [4.78, 5) is 16.5. The van der Waals surface area contributed by atoms with Gasteiger partial charge in [0, 0.05) is 25.7 Å². The number of aliphatic hydroxyl groups excluding tert-OH is 1. The lowest BCUT2D eigenvalue weighted by molar-refractivity contribution is 0.168. The Balaban J connectivity index is 1.67. The van der Waals surface area contributed by atoms with Crippen molar-refractivity contribution in [3.8, 4) is 0 Å². The smallest absolute Gasteiger partial charge is 0.317 e. The topological polar surface area (TPSA) is 55.8 Å². The third-order valence-electron chi connectivity index (χ3n) is 5.61. The van der Waals surface area contributed by atoms with E-state index < -0.39 is 0 Å². The third kappa shape index (κ3) is 6.30. The van der Waals surface area contributed by atoms with Gasteiger partial charge in [0.25, 0.3) is 0 Å². The number of nitrogens with zero attached hydrogens (tertiary/aromatic N) is 2. The number of nitrogens with one attached hydrogen (secondary N) is 1. The zero-order valence-electron chi connectivity index (χ0n) is 14.8. The monoisotopic (exact) mass is 325 g/mol. The van der Waals surface area contributed by atoms with E-state index in [2.05, 4.69) is 17.3 Å². The van der Waals surface area contributed by atoms with Crippen LogP contribution in [0.15, 0.2) is 0 Å². The van der Waals surface area contributed by atoms with E-state index in [1.807, 2.05) is 0 Å². The number of carbonyl (C=O) groups is 1. The molecule has 2 amide bonds. The molecule has 2 N–H and O–H groups in total. The zero-order chi connectivity index (χ0) is 16.5. The fraction of sp³-hybridized carbons (Fsp3) is 0.944. The molecular weight excluding hydrogens is 290 g/mol. The molecule has 5 nitrogen and oxygen atoms in total. The maximum Gasteiger partial charge on any atom is 0.317 e. The van der Waals surface area contributed by atoms with Crippen molar-refractivity contribution in [3.63, 3.8) is 0 Å². The summed E-state index contributed by atoms with van der Waals surface area (Å²) in [7, 11) is 2.17. The molecule has 1 saturated carbocycles. The molecule has 0 aromatic heterocycles. The standard InChI is InChI=1S/C18H35N3O2/c1-20-12-5-8-17(20)9-11-19-18(23)21(14-15-22)13-10-16-6-3-2-4-7-16/h16-17,22H,2-15H2,1H3,(H,19,23)/t17-/m0/s1. The fourth-order valence-electron chi connectivity index (χ4n) is 4.05. The highest BCUT2D eigenvalue weighted by atomic mass is 16.3.